The molecule has 132 valence electrons. The van der Waals surface area contributed by atoms with Crippen molar-refractivity contribution >= 4 is 17.4 Å². The molecule has 25 heavy (non-hydrogen) atoms. The van der Waals surface area contributed by atoms with Gasteiger partial charge in [0.15, 0.2) is 6.61 Å². The van der Waals surface area contributed by atoms with Gasteiger partial charge in [-0.15, -0.1) is 0 Å². The van der Waals surface area contributed by atoms with Crippen molar-refractivity contribution in [1.29, 1.82) is 0 Å². The summed E-state index contributed by atoms with van der Waals surface area (Å²) in [6, 6.07) is 2.35. The Morgan fingerprint density at radius 1 is 1.32 bits per heavy atom. The second-order valence-corrected chi connectivity index (χ2v) is 5.14. The van der Waals surface area contributed by atoms with Gasteiger partial charge in [-0.2, -0.15) is 5.10 Å². The van der Waals surface area contributed by atoms with Gasteiger partial charge in [-0.05, 0) is 32.0 Å². The molecule has 0 saturated carbocycles. The largest absolute Gasteiger partial charge is 0.456 e. The van der Waals surface area contributed by atoms with E-state index in [9.17, 15) is 28.5 Å². The molecular weight excluding hydrogens is 340 g/mol. The molecule has 0 N–H and O–H groups in total. The molecule has 0 aliphatic carbocycles. The van der Waals surface area contributed by atoms with Gasteiger partial charge in [0.1, 0.15) is 29.6 Å². The van der Waals surface area contributed by atoms with Crippen molar-refractivity contribution in [1.82, 2.24) is 9.78 Å². The number of halogens is 2. The number of ether oxygens (including phenoxy) is 1. The Kier molecular flexibility index (Phi) is 5.20. The van der Waals surface area contributed by atoms with Crippen molar-refractivity contribution in [2.75, 3.05) is 6.61 Å². The number of aryl methyl sites for hydroxylation is 1. The maximum Gasteiger partial charge on any atom is 0.328 e. The molecule has 0 aliphatic rings. The Balaban J connectivity index is 2.02. The van der Waals surface area contributed by atoms with Crippen LogP contribution in [0.2, 0.25) is 0 Å². The van der Waals surface area contributed by atoms with E-state index in [1.165, 1.54) is 13.8 Å². The molecular formula is C15H13F2N3O5. The molecule has 0 amide bonds. The highest BCUT2D eigenvalue weighted by Crippen LogP contribution is 2.21. The zero-order valence-electron chi connectivity index (χ0n) is 13.3. The lowest BCUT2D eigenvalue weighted by molar-refractivity contribution is -0.386. The van der Waals surface area contributed by atoms with Crippen LogP contribution in [-0.4, -0.2) is 33.1 Å². The minimum absolute atomic E-state index is 0.133. The minimum atomic E-state index is -0.934. The summed E-state index contributed by atoms with van der Waals surface area (Å²) in [4.78, 5) is 33.8. The smallest absolute Gasteiger partial charge is 0.328 e. The second kappa shape index (κ2) is 7.16. The van der Waals surface area contributed by atoms with Gasteiger partial charge in [-0.3, -0.25) is 24.4 Å². The van der Waals surface area contributed by atoms with Crippen LogP contribution < -0.4 is 0 Å². The lowest BCUT2D eigenvalue weighted by Crippen LogP contribution is -2.20. The van der Waals surface area contributed by atoms with E-state index in [0.29, 0.717) is 6.07 Å². The highest BCUT2D eigenvalue weighted by molar-refractivity contribution is 5.98. The lowest BCUT2D eigenvalue weighted by atomic mass is 10.1. The molecule has 0 fully saturated rings. The van der Waals surface area contributed by atoms with E-state index in [4.69, 9.17) is 4.74 Å². The zero-order valence-corrected chi connectivity index (χ0v) is 13.3. The van der Waals surface area contributed by atoms with Crippen molar-refractivity contribution in [3.05, 3.63) is 56.9 Å². The van der Waals surface area contributed by atoms with Crippen molar-refractivity contribution in [3.63, 3.8) is 0 Å². The number of carbonyl (C=O) groups excluding carboxylic acids is 2. The first kappa shape index (κ1) is 18.2. The first-order valence-electron chi connectivity index (χ1n) is 7.03. The van der Waals surface area contributed by atoms with Crippen LogP contribution >= 0.6 is 0 Å². The van der Waals surface area contributed by atoms with Gasteiger partial charge in [0, 0.05) is 0 Å². The van der Waals surface area contributed by atoms with Gasteiger partial charge in [-0.25, -0.2) is 8.78 Å². The summed E-state index contributed by atoms with van der Waals surface area (Å²) in [6.45, 7) is 1.59. The predicted molar refractivity (Wildman–Crippen MR) is 80.0 cm³/mol. The number of hydrogen-bond acceptors (Lipinski definition) is 6. The van der Waals surface area contributed by atoms with Crippen LogP contribution in [0.25, 0.3) is 0 Å². The van der Waals surface area contributed by atoms with Crippen molar-refractivity contribution in [2.45, 2.75) is 20.4 Å². The van der Waals surface area contributed by atoms with E-state index in [1.807, 2.05) is 0 Å². The van der Waals surface area contributed by atoms with Crippen molar-refractivity contribution in [3.8, 4) is 0 Å². The summed E-state index contributed by atoms with van der Waals surface area (Å²) in [6.07, 6.45) is 0. The minimum Gasteiger partial charge on any atom is -0.456 e. The third-order valence-corrected chi connectivity index (χ3v) is 3.40. The van der Waals surface area contributed by atoms with Crippen LogP contribution in [0.1, 0.15) is 21.7 Å². The molecule has 0 atom stereocenters. The van der Waals surface area contributed by atoms with Gasteiger partial charge < -0.3 is 4.74 Å². The molecule has 0 spiro atoms. The molecule has 2 rings (SSSR count). The maximum atomic E-state index is 13.5. The number of aromatic nitrogens is 2. The molecule has 0 radical (unpaired) electrons. The summed E-state index contributed by atoms with van der Waals surface area (Å²) in [7, 11) is 0. The highest BCUT2D eigenvalue weighted by atomic mass is 19.1. The fraction of sp³-hybridized carbons (Fsp3) is 0.267. The summed E-state index contributed by atoms with van der Waals surface area (Å²) < 4.78 is 32.3. The number of ketones is 1. The number of Topliss-reactive ketones (excluding diaryl/α,β-unsaturated/α-hetero) is 1. The van der Waals surface area contributed by atoms with E-state index in [0.717, 1.165) is 16.8 Å². The first-order valence-corrected chi connectivity index (χ1v) is 7.03. The Bertz CT molecular complexity index is 863. The zero-order chi connectivity index (χ0) is 18.7. The lowest BCUT2D eigenvalue weighted by Gasteiger charge is -2.06. The normalized spacial score (nSPS) is 10.6. The number of esters is 1. The monoisotopic (exact) mass is 353 g/mol. The predicted octanol–water partition coefficient (Wildman–Crippen LogP) is 2.11. The topological polar surface area (TPSA) is 104 Å². The number of nitrogens with zero attached hydrogens (tertiary/aromatic N) is 3. The average molecular weight is 353 g/mol. The van der Waals surface area contributed by atoms with Crippen molar-refractivity contribution < 1.29 is 28.0 Å². The van der Waals surface area contributed by atoms with Crippen LogP contribution in [0, 0.1) is 35.6 Å². The van der Waals surface area contributed by atoms with Crippen LogP contribution in [0.4, 0.5) is 14.5 Å². The molecule has 0 unspecified atom stereocenters. The Hall–Kier alpha value is -3.17. The number of carbonyl (C=O) groups is 2. The summed E-state index contributed by atoms with van der Waals surface area (Å²) in [5, 5.41) is 14.8. The summed E-state index contributed by atoms with van der Waals surface area (Å²) >= 11 is 0. The van der Waals surface area contributed by atoms with Gasteiger partial charge in [0.25, 0.3) is 0 Å². The summed E-state index contributed by atoms with van der Waals surface area (Å²) in [5.41, 5.74) is -0.463. The number of nitro groups is 1. The average Bonchev–Trinajstić information content (AvgIpc) is 2.81. The standard InChI is InChI=1S/C15H13F2N3O5/c1-8-15(20(23)24)9(2)19(18-8)6-14(22)25-7-13(21)11-5-10(16)3-4-12(11)17/h3-5H,6-7H2,1-2H3. The third kappa shape index (κ3) is 4.03. The molecule has 1 aromatic carbocycles. The number of benzene rings is 1. The molecule has 0 saturated heterocycles. The molecule has 1 heterocycles. The number of hydrogen-bond donors (Lipinski definition) is 0. The van der Waals surface area contributed by atoms with E-state index in [-0.39, 0.29) is 17.1 Å². The molecule has 2 aromatic rings. The van der Waals surface area contributed by atoms with Gasteiger partial charge in [0.05, 0.1) is 10.5 Å². The molecule has 10 heteroatoms. The molecule has 8 nitrogen and oxygen atoms in total. The van der Waals surface area contributed by atoms with E-state index in [2.05, 4.69) is 5.10 Å². The van der Waals surface area contributed by atoms with Gasteiger partial charge >= 0.3 is 11.7 Å². The Morgan fingerprint density at radius 2 is 2.00 bits per heavy atom. The molecule has 1 aromatic heterocycles. The van der Waals surface area contributed by atoms with Gasteiger partial charge in [0.2, 0.25) is 5.78 Å². The van der Waals surface area contributed by atoms with Crippen LogP contribution in [-0.2, 0) is 16.1 Å². The van der Waals surface area contributed by atoms with Crippen LogP contribution in [0.3, 0.4) is 0 Å². The van der Waals surface area contributed by atoms with E-state index in [1.54, 1.807) is 0 Å². The van der Waals surface area contributed by atoms with E-state index >= 15 is 0 Å². The van der Waals surface area contributed by atoms with Crippen LogP contribution in [0.15, 0.2) is 18.2 Å². The fourth-order valence-corrected chi connectivity index (χ4v) is 2.21. The third-order valence-electron chi connectivity index (χ3n) is 3.40. The first-order chi connectivity index (χ1) is 11.7. The van der Waals surface area contributed by atoms with Gasteiger partial charge in [-0.1, -0.05) is 0 Å². The SMILES string of the molecule is Cc1nn(CC(=O)OCC(=O)c2cc(F)ccc2F)c(C)c1[N+](=O)[O-]. The van der Waals surface area contributed by atoms with Crippen molar-refractivity contribution in [2.24, 2.45) is 0 Å². The van der Waals surface area contributed by atoms with Crippen LogP contribution in [0.5, 0.6) is 0 Å². The molecule has 0 aliphatic heterocycles. The summed E-state index contributed by atoms with van der Waals surface area (Å²) in [5.74, 6) is -3.54. The number of rotatable bonds is 6. The second-order valence-electron chi connectivity index (χ2n) is 5.14. The quantitative estimate of drug-likeness (QED) is 0.341. The highest BCUT2D eigenvalue weighted by Gasteiger charge is 2.23. The molecule has 0 bridgehead atoms. The Morgan fingerprint density at radius 3 is 2.60 bits per heavy atom. The Labute approximate surface area is 140 Å². The fourth-order valence-electron chi connectivity index (χ4n) is 2.21. The van der Waals surface area contributed by atoms with E-state index < -0.39 is 47.0 Å². The maximum absolute atomic E-state index is 13.5.